The lowest BCUT2D eigenvalue weighted by molar-refractivity contribution is -0.150. The Hall–Kier alpha value is -3.76. The predicted molar refractivity (Wildman–Crippen MR) is 122 cm³/mol. The number of nitrogens with one attached hydrogen (secondary N) is 3. The minimum absolute atomic E-state index is 0.107. The Morgan fingerprint density at radius 2 is 1.97 bits per heavy atom. The Morgan fingerprint density at radius 3 is 2.64 bits per heavy atom. The largest absolute Gasteiger partial charge is 0.384 e. The maximum atomic E-state index is 13.1. The van der Waals surface area contributed by atoms with Crippen LogP contribution in [0.15, 0.2) is 42.5 Å². The quantitative estimate of drug-likeness (QED) is 0.336. The maximum absolute atomic E-state index is 13.1. The number of benzene rings is 2. The summed E-state index contributed by atoms with van der Waals surface area (Å²) in [6.45, 7) is 3.99. The molecule has 2 aliphatic heterocycles. The van der Waals surface area contributed by atoms with Crippen LogP contribution in [-0.2, 0) is 24.5 Å². The number of nitrogen functional groups attached to an aromatic ring is 1. The van der Waals surface area contributed by atoms with E-state index in [4.69, 9.17) is 15.9 Å². The van der Waals surface area contributed by atoms with Gasteiger partial charge in [0, 0.05) is 29.2 Å². The zero-order chi connectivity index (χ0) is 23.9. The molecule has 2 aromatic carbocycles. The van der Waals surface area contributed by atoms with Gasteiger partial charge in [-0.15, -0.1) is 0 Å². The van der Waals surface area contributed by atoms with Crippen LogP contribution in [0.4, 0.5) is 17.1 Å². The second-order valence-electron chi connectivity index (χ2n) is 8.52. The van der Waals surface area contributed by atoms with Gasteiger partial charge in [0.2, 0.25) is 5.91 Å². The normalized spacial score (nSPS) is 20.1. The maximum Gasteiger partial charge on any atom is 0.259 e. The molecule has 172 valence electrons. The second-order valence-corrected chi connectivity index (χ2v) is 8.52. The minimum atomic E-state index is -1.73. The van der Waals surface area contributed by atoms with Crippen LogP contribution >= 0.6 is 0 Å². The summed E-state index contributed by atoms with van der Waals surface area (Å²) in [5, 5.41) is 23.3. The Morgan fingerprint density at radius 1 is 1.27 bits per heavy atom. The molecule has 0 bridgehead atoms. The third-order valence-corrected chi connectivity index (χ3v) is 5.94. The molecule has 10 nitrogen and oxygen atoms in total. The molecule has 1 fully saturated rings. The summed E-state index contributed by atoms with van der Waals surface area (Å²) in [5.41, 5.74) is 7.57. The number of nitrogens with zero attached hydrogens (tertiary/aromatic N) is 1. The molecule has 2 atom stereocenters. The highest BCUT2D eigenvalue weighted by Crippen LogP contribution is 2.39. The predicted octanol–water partition coefficient (Wildman–Crippen LogP) is 0.932. The molecule has 10 heteroatoms. The fraction of sp³-hybridized carbons (Fsp3) is 0.304. The Kier molecular flexibility index (Phi) is 5.64. The molecular weight excluding hydrogens is 426 g/mol. The van der Waals surface area contributed by atoms with Crippen molar-refractivity contribution in [3.8, 4) is 0 Å². The fourth-order valence-corrected chi connectivity index (χ4v) is 3.90. The molecule has 1 saturated heterocycles. The SMILES string of the molecule is CC1(C)C(=O)Nc2ccc(N3CCO[C@H]([C@@H](O)C(=O)Nc4ccc(C(=N)N)cc4)C3=O)cc21. The molecule has 0 radical (unpaired) electrons. The van der Waals surface area contributed by atoms with Crippen LogP contribution in [0.5, 0.6) is 0 Å². The van der Waals surface area contributed by atoms with Crippen molar-refractivity contribution in [2.45, 2.75) is 31.5 Å². The number of hydrogen-bond acceptors (Lipinski definition) is 6. The van der Waals surface area contributed by atoms with Crippen molar-refractivity contribution in [1.82, 2.24) is 0 Å². The van der Waals surface area contributed by atoms with Crippen molar-refractivity contribution in [2.24, 2.45) is 5.73 Å². The van der Waals surface area contributed by atoms with Crippen molar-refractivity contribution < 1.29 is 24.2 Å². The van der Waals surface area contributed by atoms with Gasteiger partial charge in [0.15, 0.2) is 12.2 Å². The molecule has 2 aromatic rings. The highest BCUT2D eigenvalue weighted by molar-refractivity contribution is 6.07. The average molecular weight is 451 g/mol. The molecule has 0 aromatic heterocycles. The van der Waals surface area contributed by atoms with Gasteiger partial charge in [0.25, 0.3) is 11.8 Å². The van der Waals surface area contributed by atoms with Crippen LogP contribution in [0.25, 0.3) is 0 Å². The topological polar surface area (TPSA) is 158 Å². The van der Waals surface area contributed by atoms with Gasteiger partial charge in [-0.1, -0.05) is 0 Å². The molecule has 0 saturated carbocycles. The van der Waals surface area contributed by atoms with E-state index in [0.29, 0.717) is 22.6 Å². The summed E-state index contributed by atoms with van der Waals surface area (Å²) >= 11 is 0. The second kappa shape index (κ2) is 8.30. The van der Waals surface area contributed by atoms with Crippen LogP contribution in [0.3, 0.4) is 0 Å². The monoisotopic (exact) mass is 451 g/mol. The smallest absolute Gasteiger partial charge is 0.259 e. The number of aliphatic hydroxyl groups is 1. The standard InChI is InChI=1S/C23H25N5O5/c1-23(2)15-11-14(7-8-16(15)27-22(23)32)28-9-10-33-18(21(28)31)17(29)20(30)26-13-5-3-12(4-6-13)19(24)25/h3-8,11,17-18,29H,9-10H2,1-2H3,(H3,24,25)(H,26,30)(H,27,32)/t17-,18-/m1/s1. The molecule has 4 rings (SSSR count). The summed E-state index contributed by atoms with van der Waals surface area (Å²) in [6, 6.07) is 11.4. The van der Waals surface area contributed by atoms with Gasteiger partial charge < -0.3 is 31.1 Å². The van der Waals surface area contributed by atoms with Crippen molar-refractivity contribution in [3.05, 3.63) is 53.6 Å². The number of nitrogens with two attached hydrogens (primary N) is 1. The zero-order valence-electron chi connectivity index (χ0n) is 18.2. The number of carbonyl (C=O) groups is 3. The number of hydrogen-bond donors (Lipinski definition) is 5. The molecule has 2 aliphatic rings. The van der Waals surface area contributed by atoms with E-state index < -0.39 is 29.4 Å². The summed E-state index contributed by atoms with van der Waals surface area (Å²) < 4.78 is 5.45. The summed E-state index contributed by atoms with van der Waals surface area (Å²) in [4.78, 5) is 39.3. The van der Waals surface area contributed by atoms with Crippen LogP contribution in [-0.4, -0.2) is 54.0 Å². The molecular formula is C23H25N5O5. The lowest BCUT2D eigenvalue weighted by Gasteiger charge is -2.34. The van der Waals surface area contributed by atoms with Crippen molar-refractivity contribution in [2.75, 3.05) is 28.7 Å². The minimum Gasteiger partial charge on any atom is -0.384 e. The van der Waals surface area contributed by atoms with Crippen molar-refractivity contribution in [3.63, 3.8) is 0 Å². The van der Waals surface area contributed by atoms with E-state index in [1.807, 2.05) is 0 Å². The first kappa shape index (κ1) is 22.4. The number of aliphatic hydroxyl groups excluding tert-OH is 1. The first-order valence-corrected chi connectivity index (χ1v) is 10.4. The van der Waals surface area contributed by atoms with E-state index in [0.717, 1.165) is 5.56 Å². The van der Waals surface area contributed by atoms with Crippen molar-refractivity contribution >= 4 is 40.6 Å². The molecule has 2 heterocycles. The third kappa shape index (κ3) is 4.06. The number of fused-ring (bicyclic) bond motifs is 1. The van der Waals surface area contributed by atoms with E-state index >= 15 is 0 Å². The van der Waals surface area contributed by atoms with Gasteiger partial charge in [0.1, 0.15) is 5.84 Å². The number of ether oxygens (including phenoxy) is 1. The number of rotatable bonds is 5. The number of carbonyl (C=O) groups excluding carboxylic acids is 3. The van der Waals surface area contributed by atoms with E-state index in [-0.39, 0.29) is 24.9 Å². The number of amides is 3. The van der Waals surface area contributed by atoms with E-state index in [2.05, 4.69) is 10.6 Å². The van der Waals surface area contributed by atoms with Gasteiger partial charge in [-0.2, -0.15) is 0 Å². The third-order valence-electron chi connectivity index (χ3n) is 5.94. The van der Waals surface area contributed by atoms with Crippen LogP contribution < -0.4 is 21.3 Å². The van der Waals surface area contributed by atoms with Crippen LogP contribution in [0.2, 0.25) is 0 Å². The molecule has 33 heavy (non-hydrogen) atoms. The number of anilines is 3. The first-order valence-electron chi connectivity index (χ1n) is 10.4. The molecule has 0 spiro atoms. The van der Waals surface area contributed by atoms with E-state index in [9.17, 15) is 19.5 Å². The summed E-state index contributed by atoms with van der Waals surface area (Å²) in [7, 11) is 0. The van der Waals surface area contributed by atoms with Crippen LogP contribution in [0, 0.1) is 5.41 Å². The highest BCUT2D eigenvalue weighted by Gasteiger charge is 2.42. The zero-order valence-corrected chi connectivity index (χ0v) is 18.2. The first-order chi connectivity index (χ1) is 15.6. The fourth-order valence-electron chi connectivity index (χ4n) is 3.90. The highest BCUT2D eigenvalue weighted by atomic mass is 16.5. The van der Waals surface area contributed by atoms with Gasteiger partial charge in [-0.25, -0.2) is 0 Å². The Bertz CT molecular complexity index is 1140. The van der Waals surface area contributed by atoms with Gasteiger partial charge in [-0.05, 0) is 61.9 Å². The van der Waals surface area contributed by atoms with Crippen LogP contribution in [0.1, 0.15) is 25.0 Å². The number of amidine groups is 1. The summed E-state index contributed by atoms with van der Waals surface area (Å²) in [6.07, 6.45) is -3.11. The lowest BCUT2D eigenvalue weighted by atomic mass is 9.86. The Labute approximate surface area is 190 Å². The Balaban J connectivity index is 1.49. The van der Waals surface area contributed by atoms with E-state index in [1.165, 1.54) is 4.90 Å². The number of morpholine rings is 1. The molecule has 0 aliphatic carbocycles. The van der Waals surface area contributed by atoms with Gasteiger partial charge in [0.05, 0.1) is 12.0 Å². The molecule has 0 unspecified atom stereocenters. The van der Waals surface area contributed by atoms with Crippen molar-refractivity contribution in [1.29, 1.82) is 5.41 Å². The van der Waals surface area contributed by atoms with Gasteiger partial charge >= 0.3 is 0 Å². The molecule has 3 amide bonds. The van der Waals surface area contributed by atoms with E-state index in [1.54, 1.807) is 56.3 Å². The van der Waals surface area contributed by atoms with Gasteiger partial charge in [-0.3, -0.25) is 19.8 Å². The average Bonchev–Trinajstić information content (AvgIpc) is 3.01. The summed E-state index contributed by atoms with van der Waals surface area (Å²) in [5.74, 6) is -1.57. The molecule has 6 N–H and O–H groups in total. The lowest BCUT2D eigenvalue weighted by Crippen LogP contribution is -2.55.